The van der Waals surface area contributed by atoms with Gasteiger partial charge in [-0.3, -0.25) is 9.79 Å². The zero-order valence-corrected chi connectivity index (χ0v) is 17.2. The number of carbonyl (C=O) groups is 1. The van der Waals surface area contributed by atoms with E-state index in [1.807, 2.05) is 6.92 Å². The molecule has 1 unspecified atom stereocenters. The molecule has 7 nitrogen and oxygen atoms in total. The number of hydrogen-bond donors (Lipinski definition) is 3. The van der Waals surface area contributed by atoms with Crippen molar-refractivity contribution in [3.8, 4) is 5.75 Å². The van der Waals surface area contributed by atoms with Crippen LogP contribution in [0.1, 0.15) is 18.5 Å². The van der Waals surface area contributed by atoms with Gasteiger partial charge in [0, 0.05) is 20.7 Å². The van der Waals surface area contributed by atoms with E-state index in [1.54, 1.807) is 26.3 Å². The first kappa shape index (κ1) is 23.4. The maximum Gasteiger partial charge on any atom is 0.239 e. The van der Waals surface area contributed by atoms with Crippen LogP contribution >= 0.6 is 24.0 Å². The largest absolute Gasteiger partial charge is 0.494 e. The van der Waals surface area contributed by atoms with Gasteiger partial charge in [0.05, 0.1) is 26.3 Å². The van der Waals surface area contributed by atoms with Gasteiger partial charge < -0.3 is 25.4 Å². The normalized spacial score (nSPS) is 12.0. The van der Waals surface area contributed by atoms with E-state index in [9.17, 15) is 9.18 Å². The van der Waals surface area contributed by atoms with Crippen LogP contribution in [0.2, 0.25) is 0 Å². The second kappa shape index (κ2) is 12.7. The van der Waals surface area contributed by atoms with Crippen molar-refractivity contribution in [1.29, 1.82) is 0 Å². The molecule has 0 aliphatic rings. The Labute approximate surface area is 164 Å². The second-order valence-electron chi connectivity index (χ2n) is 5.03. The summed E-state index contributed by atoms with van der Waals surface area (Å²) in [7, 11) is 4.59. The zero-order chi connectivity index (χ0) is 17.9. The monoisotopic (exact) mass is 468 g/mol. The van der Waals surface area contributed by atoms with Gasteiger partial charge in [-0.15, -0.1) is 24.0 Å². The average Bonchev–Trinajstić information content (AvgIpc) is 2.58. The molecule has 0 bridgehead atoms. The summed E-state index contributed by atoms with van der Waals surface area (Å²) >= 11 is 0. The quantitative estimate of drug-likeness (QED) is 0.233. The summed E-state index contributed by atoms with van der Waals surface area (Å²) in [5.74, 6) is 0.0454. The lowest BCUT2D eigenvalue weighted by atomic mass is 10.1. The fourth-order valence-electron chi connectivity index (χ4n) is 1.95. The molecular formula is C16H26FIN4O3. The molecule has 1 rings (SSSR count). The molecule has 3 N–H and O–H groups in total. The first-order valence-electron chi connectivity index (χ1n) is 7.58. The van der Waals surface area contributed by atoms with Gasteiger partial charge in [-0.25, -0.2) is 4.39 Å². The Kier molecular flexibility index (Phi) is 11.9. The molecule has 0 aliphatic heterocycles. The van der Waals surface area contributed by atoms with Crippen LogP contribution in [-0.4, -0.2) is 52.8 Å². The standard InChI is InChI=1S/C16H25FN4O3.HI/c1-11(12-5-6-14(24-4)13(17)9-12)21-16(18-2)20-10-15(22)19-7-8-23-3;/h5-6,9,11H,7-8,10H2,1-4H3,(H,19,22)(H2,18,20,21);1H. The zero-order valence-electron chi connectivity index (χ0n) is 14.9. The third kappa shape index (κ3) is 8.34. The lowest BCUT2D eigenvalue weighted by Crippen LogP contribution is -2.44. The summed E-state index contributed by atoms with van der Waals surface area (Å²) in [5.41, 5.74) is 0.737. The number of nitrogens with one attached hydrogen (secondary N) is 3. The number of hydrogen-bond acceptors (Lipinski definition) is 4. The van der Waals surface area contributed by atoms with Gasteiger partial charge in [0.2, 0.25) is 5.91 Å². The van der Waals surface area contributed by atoms with Gasteiger partial charge in [0.25, 0.3) is 0 Å². The SMILES string of the molecule is CN=C(NCC(=O)NCCOC)NC(C)c1ccc(OC)c(F)c1.I. The summed E-state index contributed by atoms with van der Waals surface area (Å²) in [6, 6.07) is 4.54. The highest BCUT2D eigenvalue weighted by molar-refractivity contribution is 14.0. The average molecular weight is 468 g/mol. The van der Waals surface area contributed by atoms with Gasteiger partial charge in [-0.2, -0.15) is 0 Å². The summed E-state index contributed by atoms with van der Waals surface area (Å²) in [5, 5.41) is 8.69. The molecule has 0 saturated heterocycles. The molecule has 9 heteroatoms. The maximum absolute atomic E-state index is 13.8. The predicted molar refractivity (Wildman–Crippen MR) is 106 cm³/mol. The van der Waals surface area contributed by atoms with Crippen LogP contribution in [0.3, 0.4) is 0 Å². The molecule has 0 spiro atoms. The second-order valence-corrected chi connectivity index (χ2v) is 5.03. The molecule has 0 aliphatic carbocycles. The Bertz CT molecular complexity index is 572. The molecule has 142 valence electrons. The number of benzene rings is 1. The minimum Gasteiger partial charge on any atom is -0.494 e. The Morgan fingerprint density at radius 1 is 1.32 bits per heavy atom. The van der Waals surface area contributed by atoms with Gasteiger partial charge >= 0.3 is 0 Å². The maximum atomic E-state index is 13.8. The van der Waals surface area contributed by atoms with Crippen LogP contribution in [0.25, 0.3) is 0 Å². The third-order valence-electron chi connectivity index (χ3n) is 3.30. The predicted octanol–water partition coefficient (Wildman–Crippen LogP) is 1.44. The molecule has 1 aromatic rings. The number of rotatable bonds is 8. The van der Waals surface area contributed by atoms with Crippen LogP contribution in [0.15, 0.2) is 23.2 Å². The van der Waals surface area contributed by atoms with Crippen molar-refractivity contribution in [1.82, 2.24) is 16.0 Å². The molecule has 1 amide bonds. The number of amides is 1. The Hall–Kier alpha value is -1.62. The van der Waals surface area contributed by atoms with Crippen molar-refractivity contribution in [3.63, 3.8) is 0 Å². The number of carbonyl (C=O) groups excluding carboxylic acids is 1. The van der Waals surface area contributed by atoms with E-state index in [4.69, 9.17) is 9.47 Å². The van der Waals surface area contributed by atoms with Crippen molar-refractivity contribution < 1.29 is 18.7 Å². The van der Waals surface area contributed by atoms with E-state index in [1.165, 1.54) is 13.2 Å². The number of guanidine groups is 1. The number of methoxy groups -OCH3 is 2. The minimum absolute atomic E-state index is 0. The summed E-state index contributed by atoms with van der Waals surface area (Å²) in [6.45, 7) is 2.85. The smallest absolute Gasteiger partial charge is 0.239 e. The molecule has 0 aromatic heterocycles. The number of aliphatic imine (C=N–C) groups is 1. The Morgan fingerprint density at radius 2 is 2.04 bits per heavy atom. The van der Waals surface area contributed by atoms with Gasteiger partial charge in [-0.1, -0.05) is 6.07 Å². The van der Waals surface area contributed by atoms with Crippen molar-refractivity contribution in [2.45, 2.75) is 13.0 Å². The third-order valence-corrected chi connectivity index (χ3v) is 3.30. The molecule has 1 atom stereocenters. The topological polar surface area (TPSA) is 84.0 Å². The van der Waals surface area contributed by atoms with E-state index in [-0.39, 0.29) is 48.2 Å². The highest BCUT2D eigenvalue weighted by atomic mass is 127. The highest BCUT2D eigenvalue weighted by Gasteiger charge is 2.11. The van der Waals surface area contributed by atoms with E-state index in [0.29, 0.717) is 19.1 Å². The number of ether oxygens (including phenoxy) is 2. The van der Waals surface area contributed by atoms with Crippen molar-refractivity contribution >= 4 is 35.8 Å². The molecular weight excluding hydrogens is 442 g/mol. The van der Waals surface area contributed by atoms with E-state index in [0.717, 1.165) is 5.56 Å². The van der Waals surface area contributed by atoms with Gasteiger partial charge in [0.1, 0.15) is 0 Å². The lowest BCUT2D eigenvalue weighted by molar-refractivity contribution is -0.120. The van der Waals surface area contributed by atoms with Crippen molar-refractivity contribution in [3.05, 3.63) is 29.6 Å². The van der Waals surface area contributed by atoms with Crippen LogP contribution < -0.4 is 20.7 Å². The van der Waals surface area contributed by atoms with E-state index in [2.05, 4.69) is 20.9 Å². The first-order chi connectivity index (χ1) is 11.5. The summed E-state index contributed by atoms with van der Waals surface area (Å²) in [6.07, 6.45) is 0. The van der Waals surface area contributed by atoms with Crippen LogP contribution in [0, 0.1) is 5.82 Å². The van der Waals surface area contributed by atoms with E-state index < -0.39 is 5.82 Å². The summed E-state index contributed by atoms with van der Waals surface area (Å²) < 4.78 is 23.5. The first-order valence-corrected chi connectivity index (χ1v) is 7.58. The van der Waals surface area contributed by atoms with E-state index >= 15 is 0 Å². The molecule has 0 heterocycles. The van der Waals surface area contributed by atoms with Gasteiger partial charge in [-0.05, 0) is 24.6 Å². The molecule has 0 radical (unpaired) electrons. The minimum atomic E-state index is -0.427. The number of nitrogens with zero attached hydrogens (tertiary/aromatic N) is 1. The number of halogens is 2. The van der Waals surface area contributed by atoms with Gasteiger partial charge in [0.15, 0.2) is 17.5 Å². The Morgan fingerprint density at radius 3 is 2.60 bits per heavy atom. The fraction of sp³-hybridized carbons (Fsp3) is 0.500. The highest BCUT2D eigenvalue weighted by Crippen LogP contribution is 2.21. The van der Waals surface area contributed by atoms with Crippen molar-refractivity contribution in [2.24, 2.45) is 4.99 Å². The molecule has 25 heavy (non-hydrogen) atoms. The van der Waals surface area contributed by atoms with Crippen LogP contribution in [0.5, 0.6) is 5.75 Å². The molecule has 0 saturated carbocycles. The molecule has 0 fully saturated rings. The summed E-state index contributed by atoms with van der Waals surface area (Å²) in [4.78, 5) is 15.7. The van der Waals surface area contributed by atoms with Crippen LogP contribution in [0.4, 0.5) is 4.39 Å². The molecule has 1 aromatic carbocycles. The van der Waals surface area contributed by atoms with Crippen molar-refractivity contribution in [2.75, 3.05) is 41.0 Å². The lowest BCUT2D eigenvalue weighted by Gasteiger charge is -2.18. The fourth-order valence-corrected chi connectivity index (χ4v) is 1.95. The Balaban J connectivity index is 0.00000576. The van der Waals surface area contributed by atoms with Crippen LogP contribution in [-0.2, 0) is 9.53 Å².